The number of benzene rings is 1. The molecule has 7 heteroatoms. The van der Waals surface area contributed by atoms with E-state index in [0.717, 1.165) is 12.8 Å². The van der Waals surface area contributed by atoms with Gasteiger partial charge in [0, 0.05) is 18.7 Å². The first-order chi connectivity index (χ1) is 9.91. The highest BCUT2D eigenvalue weighted by Gasteiger charge is 2.42. The Morgan fingerprint density at radius 2 is 2.19 bits per heavy atom. The van der Waals surface area contributed by atoms with Crippen LogP contribution in [0.3, 0.4) is 0 Å². The van der Waals surface area contributed by atoms with E-state index in [1.54, 1.807) is 0 Å². The highest BCUT2D eigenvalue weighted by molar-refractivity contribution is 5.95. The van der Waals surface area contributed by atoms with Gasteiger partial charge in [-0.2, -0.15) is 0 Å². The second kappa shape index (κ2) is 5.69. The normalized spacial score (nSPS) is 16.9. The van der Waals surface area contributed by atoms with E-state index < -0.39 is 10.5 Å². The molecule has 1 unspecified atom stereocenters. The summed E-state index contributed by atoms with van der Waals surface area (Å²) in [5.41, 5.74) is -0.210. The third-order valence-corrected chi connectivity index (χ3v) is 3.91. The minimum atomic E-state index is -0.584. The summed E-state index contributed by atoms with van der Waals surface area (Å²) in [7, 11) is 1.47. The number of carbonyl (C=O) groups excluding carboxylic acids is 1. The Kier molecular flexibility index (Phi) is 4.13. The number of nitrogens with zero attached hydrogens (tertiary/aromatic N) is 1. The van der Waals surface area contributed by atoms with Crippen molar-refractivity contribution in [3.05, 3.63) is 33.9 Å². The lowest BCUT2D eigenvalue weighted by Crippen LogP contribution is -2.41. The number of rotatable bonds is 6. The number of amides is 1. The van der Waals surface area contributed by atoms with Crippen LogP contribution in [0.15, 0.2) is 18.2 Å². The van der Waals surface area contributed by atoms with Crippen LogP contribution in [0.1, 0.15) is 30.1 Å². The molecule has 21 heavy (non-hydrogen) atoms. The largest absolute Gasteiger partial charge is 0.394 e. The van der Waals surface area contributed by atoms with Crippen LogP contribution < -0.4 is 10.6 Å². The van der Waals surface area contributed by atoms with E-state index in [0.29, 0.717) is 11.6 Å². The highest BCUT2D eigenvalue weighted by atomic mass is 16.6. The Bertz CT molecular complexity index is 571. The molecular weight excluding hydrogens is 274 g/mol. The number of nitro groups is 1. The third-order valence-electron chi connectivity index (χ3n) is 3.91. The summed E-state index contributed by atoms with van der Waals surface area (Å²) in [5, 5.41) is 26.3. The molecule has 1 saturated carbocycles. The summed E-state index contributed by atoms with van der Waals surface area (Å²) >= 11 is 0. The maximum Gasteiger partial charge on any atom is 0.293 e. The smallest absolute Gasteiger partial charge is 0.293 e. The van der Waals surface area contributed by atoms with E-state index in [2.05, 4.69) is 10.6 Å². The van der Waals surface area contributed by atoms with Crippen molar-refractivity contribution in [2.75, 3.05) is 19.0 Å². The lowest BCUT2D eigenvalue weighted by molar-refractivity contribution is -0.384. The lowest BCUT2D eigenvalue weighted by Gasteiger charge is -2.29. The molecule has 1 aliphatic rings. The summed E-state index contributed by atoms with van der Waals surface area (Å²) in [6.45, 7) is 1.74. The zero-order valence-corrected chi connectivity index (χ0v) is 12.0. The molecule has 1 aromatic rings. The molecule has 1 atom stereocenters. The van der Waals surface area contributed by atoms with E-state index in [-0.39, 0.29) is 23.8 Å². The van der Waals surface area contributed by atoms with Crippen molar-refractivity contribution >= 4 is 17.3 Å². The van der Waals surface area contributed by atoms with Crippen LogP contribution in [-0.4, -0.2) is 35.1 Å². The molecule has 0 bridgehead atoms. The van der Waals surface area contributed by atoms with Gasteiger partial charge in [0.1, 0.15) is 5.69 Å². The predicted molar refractivity (Wildman–Crippen MR) is 78.3 cm³/mol. The van der Waals surface area contributed by atoms with Gasteiger partial charge in [0.05, 0.1) is 17.1 Å². The molecule has 1 amide bonds. The van der Waals surface area contributed by atoms with Crippen molar-refractivity contribution in [1.82, 2.24) is 5.32 Å². The first-order valence-electron chi connectivity index (χ1n) is 6.81. The van der Waals surface area contributed by atoms with Crippen LogP contribution in [0.4, 0.5) is 11.4 Å². The number of nitrogens with one attached hydrogen (secondary N) is 2. The van der Waals surface area contributed by atoms with Crippen LogP contribution >= 0.6 is 0 Å². The fourth-order valence-corrected chi connectivity index (χ4v) is 2.37. The zero-order valence-electron chi connectivity index (χ0n) is 12.0. The number of hydrogen-bond donors (Lipinski definition) is 3. The Morgan fingerprint density at radius 1 is 1.52 bits per heavy atom. The fraction of sp³-hybridized carbons (Fsp3) is 0.500. The summed E-state index contributed by atoms with van der Waals surface area (Å²) in [5.74, 6) is -0.0718. The van der Waals surface area contributed by atoms with Crippen LogP contribution in [-0.2, 0) is 0 Å². The Balaban J connectivity index is 2.34. The van der Waals surface area contributed by atoms with Crippen molar-refractivity contribution in [3.63, 3.8) is 0 Å². The standard InChI is InChI=1S/C14H19N3O4/c1-14(8-18,10-4-5-10)16-11-6-3-9(13(19)15-2)7-12(11)17(20)21/h3,6-7,10,16,18H,4-5,8H2,1-2H3,(H,15,19). The summed E-state index contributed by atoms with van der Waals surface area (Å²) in [6.07, 6.45) is 1.99. The quantitative estimate of drug-likeness (QED) is 0.545. The lowest BCUT2D eigenvalue weighted by atomic mass is 9.96. The first kappa shape index (κ1) is 15.2. The topological polar surface area (TPSA) is 104 Å². The number of hydrogen-bond acceptors (Lipinski definition) is 5. The molecule has 1 aromatic carbocycles. The van der Waals surface area contributed by atoms with E-state index in [9.17, 15) is 20.0 Å². The predicted octanol–water partition coefficient (Wildman–Crippen LogP) is 1.53. The van der Waals surface area contributed by atoms with Gasteiger partial charge in [-0.3, -0.25) is 14.9 Å². The second-order valence-corrected chi connectivity index (χ2v) is 5.54. The average molecular weight is 293 g/mol. The summed E-state index contributed by atoms with van der Waals surface area (Å²) in [4.78, 5) is 22.3. The van der Waals surface area contributed by atoms with E-state index in [4.69, 9.17) is 0 Å². The maximum atomic E-state index is 11.6. The van der Waals surface area contributed by atoms with Crippen LogP contribution in [0.5, 0.6) is 0 Å². The SMILES string of the molecule is CNC(=O)c1ccc(NC(C)(CO)C2CC2)c([N+](=O)[O-])c1. The molecule has 0 heterocycles. The van der Waals surface area contributed by atoms with E-state index >= 15 is 0 Å². The summed E-state index contributed by atoms with van der Waals surface area (Å²) < 4.78 is 0. The van der Waals surface area contributed by atoms with Gasteiger partial charge in [-0.15, -0.1) is 0 Å². The number of nitro benzene ring substituents is 1. The van der Waals surface area contributed by atoms with Crippen LogP contribution in [0.2, 0.25) is 0 Å². The average Bonchev–Trinajstić information content (AvgIpc) is 3.31. The molecule has 114 valence electrons. The monoisotopic (exact) mass is 293 g/mol. The Labute approximate surface area is 122 Å². The van der Waals surface area contributed by atoms with Crippen molar-refractivity contribution in [2.45, 2.75) is 25.3 Å². The second-order valence-electron chi connectivity index (χ2n) is 5.54. The molecule has 7 nitrogen and oxygen atoms in total. The van der Waals surface area contributed by atoms with Gasteiger partial charge in [0.25, 0.3) is 11.6 Å². The molecule has 0 aliphatic heterocycles. The van der Waals surface area contributed by atoms with E-state index in [1.165, 1.54) is 25.2 Å². The highest BCUT2D eigenvalue weighted by Crippen LogP contribution is 2.42. The number of aliphatic hydroxyl groups excluding tert-OH is 1. The van der Waals surface area contributed by atoms with Crippen molar-refractivity contribution in [3.8, 4) is 0 Å². The van der Waals surface area contributed by atoms with Crippen LogP contribution in [0, 0.1) is 16.0 Å². The first-order valence-corrected chi connectivity index (χ1v) is 6.81. The molecule has 2 rings (SSSR count). The van der Waals surface area contributed by atoms with Crippen molar-refractivity contribution in [1.29, 1.82) is 0 Å². The van der Waals surface area contributed by atoms with Gasteiger partial charge in [0.2, 0.25) is 0 Å². The Hall–Kier alpha value is -2.15. The zero-order chi connectivity index (χ0) is 15.6. The van der Waals surface area contributed by atoms with Gasteiger partial charge in [0.15, 0.2) is 0 Å². The molecule has 0 aromatic heterocycles. The molecule has 0 spiro atoms. The van der Waals surface area contributed by atoms with E-state index in [1.807, 2.05) is 6.92 Å². The number of anilines is 1. The van der Waals surface area contributed by atoms with Crippen LogP contribution in [0.25, 0.3) is 0 Å². The number of aliphatic hydroxyl groups is 1. The molecule has 0 saturated heterocycles. The van der Waals surface area contributed by atoms with Gasteiger partial charge >= 0.3 is 0 Å². The minimum absolute atomic E-state index is 0.105. The third kappa shape index (κ3) is 3.13. The van der Waals surface area contributed by atoms with Gasteiger partial charge in [-0.25, -0.2) is 0 Å². The molecule has 1 fully saturated rings. The molecule has 3 N–H and O–H groups in total. The van der Waals surface area contributed by atoms with Gasteiger partial charge in [-0.05, 0) is 37.8 Å². The fourth-order valence-electron chi connectivity index (χ4n) is 2.37. The molecule has 1 aliphatic carbocycles. The minimum Gasteiger partial charge on any atom is -0.394 e. The van der Waals surface area contributed by atoms with Gasteiger partial charge < -0.3 is 15.7 Å². The summed E-state index contributed by atoms with van der Waals surface area (Å²) in [6, 6.07) is 4.28. The van der Waals surface area contributed by atoms with Crippen molar-refractivity contribution < 1.29 is 14.8 Å². The molecular formula is C14H19N3O4. The Morgan fingerprint density at radius 3 is 2.67 bits per heavy atom. The number of carbonyl (C=O) groups is 1. The molecule has 0 radical (unpaired) electrons. The maximum absolute atomic E-state index is 11.6. The van der Waals surface area contributed by atoms with Gasteiger partial charge in [-0.1, -0.05) is 0 Å². The van der Waals surface area contributed by atoms with Crippen molar-refractivity contribution in [2.24, 2.45) is 5.92 Å².